The Bertz CT molecular complexity index is 347. The van der Waals surface area contributed by atoms with Gasteiger partial charge in [-0.1, -0.05) is 0 Å². The maximum Gasteiger partial charge on any atom is 0.265 e. The highest BCUT2D eigenvalue weighted by atomic mass is 19.3. The standard InChI is InChI=1S/C9H9F2N3O/c10-9(11)8(15)5-14-7-2-1-6(3-12)13-4-7/h1-2,4,8-9,14-15H,5H2. The molecule has 0 aromatic carbocycles. The Labute approximate surface area is 85.2 Å². The number of aliphatic hydroxyl groups excluding tert-OH is 1. The Morgan fingerprint density at radius 1 is 1.53 bits per heavy atom. The fourth-order valence-corrected chi connectivity index (χ4v) is 0.876. The van der Waals surface area contributed by atoms with Crippen LogP contribution in [0.25, 0.3) is 0 Å². The quantitative estimate of drug-likeness (QED) is 0.782. The first-order chi connectivity index (χ1) is 7.13. The van der Waals surface area contributed by atoms with Gasteiger partial charge in [0.25, 0.3) is 6.43 Å². The Morgan fingerprint density at radius 3 is 2.73 bits per heavy atom. The van der Waals surface area contributed by atoms with Crippen molar-refractivity contribution in [1.82, 2.24) is 4.98 Å². The minimum Gasteiger partial charge on any atom is -0.385 e. The average molecular weight is 213 g/mol. The van der Waals surface area contributed by atoms with E-state index < -0.39 is 12.5 Å². The summed E-state index contributed by atoms with van der Waals surface area (Å²) in [6.45, 7) is -0.259. The molecule has 0 amide bonds. The van der Waals surface area contributed by atoms with Crippen LogP contribution in [0.1, 0.15) is 5.69 Å². The molecule has 0 fully saturated rings. The van der Waals surface area contributed by atoms with E-state index in [0.717, 1.165) is 0 Å². The van der Waals surface area contributed by atoms with Crippen LogP contribution in [-0.2, 0) is 0 Å². The van der Waals surface area contributed by atoms with Gasteiger partial charge in [-0.15, -0.1) is 0 Å². The van der Waals surface area contributed by atoms with Gasteiger partial charge >= 0.3 is 0 Å². The molecular weight excluding hydrogens is 204 g/mol. The Balaban J connectivity index is 2.48. The molecule has 80 valence electrons. The van der Waals surface area contributed by atoms with Crippen molar-refractivity contribution >= 4 is 5.69 Å². The summed E-state index contributed by atoms with van der Waals surface area (Å²) in [5.41, 5.74) is 0.726. The minimum absolute atomic E-state index is 0.245. The lowest BCUT2D eigenvalue weighted by atomic mass is 10.3. The SMILES string of the molecule is N#Cc1ccc(NCC(O)C(F)F)cn1. The first-order valence-electron chi connectivity index (χ1n) is 4.19. The molecule has 1 atom stereocenters. The van der Waals surface area contributed by atoms with Crippen LogP contribution in [0.5, 0.6) is 0 Å². The van der Waals surface area contributed by atoms with Crippen LogP contribution in [-0.4, -0.2) is 29.2 Å². The number of rotatable bonds is 4. The van der Waals surface area contributed by atoms with Crippen molar-refractivity contribution in [2.24, 2.45) is 0 Å². The summed E-state index contributed by atoms with van der Waals surface area (Å²) in [7, 11) is 0. The Morgan fingerprint density at radius 2 is 2.27 bits per heavy atom. The molecule has 0 aliphatic rings. The summed E-state index contributed by atoms with van der Waals surface area (Å²) >= 11 is 0. The predicted molar refractivity (Wildman–Crippen MR) is 49.5 cm³/mol. The van der Waals surface area contributed by atoms with Gasteiger partial charge in [-0.05, 0) is 12.1 Å². The van der Waals surface area contributed by atoms with Crippen molar-refractivity contribution in [3.05, 3.63) is 24.0 Å². The van der Waals surface area contributed by atoms with E-state index in [4.69, 9.17) is 10.4 Å². The van der Waals surface area contributed by atoms with E-state index >= 15 is 0 Å². The molecule has 1 unspecified atom stereocenters. The summed E-state index contributed by atoms with van der Waals surface area (Å²) in [6, 6.07) is 4.82. The molecule has 4 nitrogen and oxygen atoms in total. The Kier molecular flexibility index (Phi) is 3.94. The number of nitrogens with one attached hydrogen (secondary N) is 1. The lowest BCUT2D eigenvalue weighted by molar-refractivity contribution is 0.00384. The fraction of sp³-hybridized carbons (Fsp3) is 0.333. The van der Waals surface area contributed by atoms with E-state index in [1.165, 1.54) is 18.3 Å². The number of halogens is 2. The number of nitrogens with zero attached hydrogens (tertiary/aromatic N) is 2. The maximum absolute atomic E-state index is 11.9. The third-order valence-corrected chi connectivity index (χ3v) is 1.68. The highest BCUT2D eigenvalue weighted by Gasteiger charge is 2.15. The smallest absolute Gasteiger partial charge is 0.265 e. The van der Waals surface area contributed by atoms with E-state index in [0.29, 0.717) is 5.69 Å². The molecule has 1 rings (SSSR count). The van der Waals surface area contributed by atoms with Crippen molar-refractivity contribution < 1.29 is 13.9 Å². The van der Waals surface area contributed by atoms with Gasteiger partial charge in [0.05, 0.1) is 11.9 Å². The van der Waals surface area contributed by atoms with Crippen molar-refractivity contribution in [3.8, 4) is 6.07 Å². The van der Waals surface area contributed by atoms with E-state index in [1.54, 1.807) is 0 Å². The minimum atomic E-state index is -2.77. The van der Waals surface area contributed by atoms with Crippen LogP contribution in [0, 0.1) is 11.3 Å². The van der Waals surface area contributed by atoms with Gasteiger partial charge in [-0.2, -0.15) is 5.26 Å². The number of pyridine rings is 1. The van der Waals surface area contributed by atoms with Gasteiger partial charge in [0.1, 0.15) is 17.9 Å². The molecule has 0 bridgehead atoms. The van der Waals surface area contributed by atoms with Crippen LogP contribution in [0.2, 0.25) is 0 Å². The number of aromatic nitrogens is 1. The first-order valence-corrected chi connectivity index (χ1v) is 4.19. The lowest BCUT2D eigenvalue weighted by Gasteiger charge is -2.11. The molecular formula is C9H9F2N3O. The monoisotopic (exact) mass is 213 g/mol. The molecule has 0 spiro atoms. The van der Waals surface area contributed by atoms with E-state index in [9.17, 15) is 8.78 Å². The predicted octanol–water partition coefficient (Wildman–Crippen LogP) is 0.991. The maximum atomic E-state index is 11.9. The third kappa shape index (κ3) is 3.48. The third-order valence-electron chi connectivity index (χ3n) is 1.68. The molecule has 1 aromatic heterocycles. The van der Waals surface area contributed by atoms with Gasteiger partial charge in [0.2, 0.25) is 0 Å². The second kappa shape index (κ2) is 5.22. The molecule has 0 saturated heterocycles. The van der Waals surface area contributed by atoms with Crippen molar-refractivity contribution in [2.45, 2.75) is 12.5 Å². The topological polar surface area (TPSA) is 68.9 Å². The molecule has 1 aromatic rings. The number of alkyl halides is 2. The first kappa shape index (κ1) is 11.3. The summed E-state index contributed by atoms with van der Waals surface area (Å²) in [5.74, 6) is 0. The molecule has 1 heterocycles. The van der Waals surface area contributed by atoms with E-state index in [-0.39, 0.29) is 12.2 Å². The molecule has 0 saturated carbocycles. The molecule has 0 aliphatic heterocycles. The zero-order chi connectivity index (χ0) is 11.3. The molecule has 0 aliphatic carbocycles. The zero-order valence-electron chi connectivity index (χ0n) is 7.69. The van der Waals surface area contributed by atoms with Crippen LogP contribution in [0.3, 0.4) is 0 Å². The van der Waals surface area contributed by atoms with Crippen LogP contribution < -0.4 is 5.32 Å². The lowest BCUT2D eigenvalue weighted by Crippen LogP contribution is -2.26. The summed E-state index contributed by atoms with van der Waals surface area (Å²) in [6.07, 6.45) is -3.14. The molecule has 0 radical (unpaired) electrons. The second-order valence-electron chi connectivity index (χ2n) is 2.83. The zero-order valence-corrected chi connectivity index (χ0v) is 7.69. The summed E-state index contributed by atoms with van der Waals surface area (Å²) in [4.78, 5) is 3.73. The average Bonchev–Trinajstić information content (AvgIpc) is 2.26. The number of aliphatic hydroxyl groups is 1. The van der Waals surface area contributed by atoms with Crippen LogP contribution >= 0.6 is 0 Å². The second-order valence-corrected chi connectivity index (χ2v) is 2.83. The number of hydrogen-bond donors (Lipinski definition) is 2. The Hall–Kier alpha value is -1.74. The van der Waals surface area contributed by atoms with Gasteiger partial charge in [-0.25, -0.2) is 13.8 Å². The van der Waals surface area contributed by atoms with Crippen molar-refractivity contribution in [3.63, 3.8) is 0 Å². The highest BCUT2D eigenvalue weighted by Crippen LogP contribution is 2.07. The molecule has 2 N–H and O–H groups in total. The number of hydrogen-bond acceptors (Lipinski definition) is 4. The van der Waals surface area contributed by atoms with Gasteiger partial charge in [0, 0.05) is 6.54 Å². The van der Waals surface area contributed by atoms with Crippen molar-refractivity contribution in [2.75, 3.05) is 11.9 Å². The van der Waals surface area contributed by atoms with Crippen LogP contribution in [0.15, 0.2) is 18.3 Å². The summed E-state index contributed by atoms with van der Waals surface area (Å²) < 4.78 is 23.8. The number of nitriles is 1. The number of anilines is 1. The molecule has 15 heavy (non-hydrogen) atoms. The highest BCUT2D eigenvalue weighted by molar-refractivity contribution is 5.42. The summed E-state index contributed by atoms with van der Waals surface area (Å²) in [5, 5.41) is 19.8. The largest absolute Gasteiger partial charge is 0.385 e. The van der Waals surface area contributed by atoms with Gasteiger partial charge in [0.15, 0.2) is 0 Å². The van der Waals surface area contributed by atoms with Gasteiger partial charge < -0.3 is 10.4 Å². The normalized spacial score (nSPS) is 12.2. The molecule has 6 heteroatoms. The fourth-order valence-electron chi connectivity index (χ4n) is 0.876. The van der Waals surface area contributed by atoms with Crippen molar-refractivity contribution in [1.29, 1.82) is 5.26 Å². The van der Waals surface area contributed by atoms with E-state index in [2.05, 4.69) is 10.3 Å². The van der Waals surface area contributed by atoms with Crippen LogP contribution in [0.4, 0.5) is 14.5 Å². The van der Waals surface area contributed by atoms with Gasteiger partial charge in [-0.3, -0.25) is 0 Å². The van der Waals surface area contributed by atoms with E-state index in [1.807, 2.05) is 6.07 Å².